The third-order valence-corrected chi connectivity index (χ3v) is 6.09. The van der Waals surface area contributed by atoms with E-state index in [-0.39, 0.29) is 24.0 Å². The van der Waals surface area contributed by atoms with Crippen molar-refractivity contribution < 1.29 is 14.5 Å². The molecule has 2 aliphatic heterocycles. The van der Waals surface area contributed by atoms with Crippen molar-refractivity contribution in [3.8, 4) is 11.3 Å². The number of nitro groups is 1. The molecule has 3 aromatic rings. The number of non-ortho nitro benzene ring substituents is 1. The highest BCUT2D eigenvalue weighted by atomic mass is 32.1. The quantitative estimate of drug-likeness (QED) is 0.478. The van der Waals surface area contributed by atoms with Gasteiger partial charge in [0.2, 0.25) is 4.96 Å². The van der Waals surface area contributed by atoms with Crippen molar-refractivity contribution in [3.05, 3.63) is 64.2 Å². The van der Waals surface area contributed by atoms with Gasteiger partial charge in [-0.05, 0) is 31.2 Å². The van der Waals surface area contributed by atoms with Crippen LogP contribution in [0.1, 0.15) is 13.3 Å². The number of amides is 2. The van der Waals surface area contributed by atoms with E-state index in [0.29, 0.717) is 16.5 Å². The molecule has 160 valence electrons. The van der Waals surface area contributed by atoms with E-state index in [2.05, 4.69) is 20.4 Å². The number of nitrogens with zero attached hydrogens (tertiary/aromatic N) is 6. The lowest BCUT2D eigenvalue weighted by Gasteiger charge is -2.41. The van der Waals surface area contributed by atoms with Crippen LogP contribution >= 0.6 is 11.3 Å². The number of amidine groups is 1. The van der Waals surface area contributed by atoms with Crippen molar-refractivity contribution in [1.29, 1.82) is 0 Å². The first kappa shape index (κ1) is 19.8. The van der Waals surface area contributed by atoms with Crippen LogP contribution in [0, 0.1) is 10.1 Å². The fraction of sp³-hybridized carbons (Fsp3) is 0.150. The summed E-state index contributed by atoms with van der Waals surface area (Å²) in [5.41, 5.74) is 0.215. The van der Waals surface area contributed by atoms with Crippen molar-refractivity contribution in [1.82, 2.24) is 19.5 Å². The average Bonchev–Trinajstić information content (AvgIpc) is 3.34. The predicted octanol–water partition coefficient (Wildman–Crippen LogP) is 2.78. The van der Waals surface area contributed by atoms with Crippen LogP contribution < -0.4 is 5.32 Å². The van der Waals surface area contributed by atoms with Gasteiger partial charge in [0, 0.05) is 29.3 Å². The molecule has 0 radical (unpaired) electrons. The van der Waals surface area contributed by atoms with Gasteiger partial charge in [0.25, 0.3) is 23.5 Å². The first-order valence-corrected chi connectivity index (χ1v) is 10.4. The molecule has 4 heterocycles. The zero-order chi connectivity index (χ0) is 22.5. The number of hydrogen-bond donors (Lipinski definition) is 1. The number of allylic oxidation sites excluding steroid dienone is 2. The van der Waals surface area contributed by atoms with Crippen LogP contribution in [0.4, 0.5) is 11.6 Å². The Hall–Kier alpha value is -4.19. The Kier molecular flexibility index (Phi) is 4.44. The number of thiazole rings is 1. The number of carbonyl (C=O) groups is 2. The maximum absolute atomic E-state index is 13.2. The fourth-order valence-electron chi connectivity index (χ4n) is 3.60. The number of hydrogen-bond acceptors (Lipinski definition) is 8. The highest BCUT2D eigenvalue weighted by Crippen LogP contribution is 2.30. The maximum Gasteiger partial charge on any atom is 0.269 e. The van der Waals surface area contributed by atoms with Crippen LogP contribution in [0.15, 0.2) is 59.1 Å². The summed E-state index contributed by atoms with van der Waals surface area (Å²) in [5, 5.41) is 19.8. The topological polar surface area (TPSA) is 135 Å². The molecule has 1 atom stereocenters. The van der Waals surface area contributed by atoms with Gasteiger partial charge in [0.1, 0.15) is 11.4 Å². The molecular weight excluding hydrogens is 434 g/mol. The predicted molar refractivity (Wildman–Crippen MR) is 117 cm³/mol. The lowest BCUT2D eigenvalue weighted by molar-refractivity contribution is -0.384. The smallest absolute Gasteiger partial charge is 0.269 e. The van der Waals surface area contributed by atoms with Crippen molar-refractivity contribution >= 4 is 45.6 Å². The molecule has 5 rings (SSSR count). The number of anilines is 1. The number of nitrogens with one attached hydrogen (secondary N) is 1. The molecule has 1 aromatic carbocycles. The van der Waals surface area contributed by atoms with Gasteiger partial charge in [-0.25, -0.2) is 4.52 Å². The van der Waals surface area contributed by atoms with E-state index >= 15 is 0 Å². The first-order valence-electron chi connectivity index (χ1n) is 9.51. The Morgan fingerprint density at radius 2 is 2.06 bits per heavy atom. The largest absolute Gasteiger partial charge is 0.317 e. The molecule has 11 nitrogen and oxygen atoms in total. The molecule has 0 fully saturated rings. The lowest BCUT2D eigenvalue weighted by atomic mass is 9.91. The van der Waals surface area contributed by atoms with Crippen molar-refractivity contribution in [2.75, 3.05) is 5.32 Å². The van der Waals surface area contributed by atoms with Crippen molar-refractivity contribution in [3.63, 3.8) is 0 Å². The number of aliphatic imine (C=N–C) groups is 1. The molecule has 2 aromatic heterocycles. The number of carbonyl (C=O) groups excluding carboxylic acids is 2. The Labute approximate surface area is 184 Å². The average molecular weight is 449 g/mol. The van der Waals surface area contributed by atoms with E-state index in [1.807, 2.05) is 5.38 Å². The molecule has 12 heteroatoms. The van der Waals surface area contributed by atoms with E-state index in [9.17, 15) is 19.7 Å². The van der Waals surface area contributed by atoms with Gasteiger partial charge in [0.15, 0.2) is 0 Å². The molecule has 1 unspecified atom stereocenters. The lowest BCUT2D eigenvalue weighted by Crippen LogP contribution is -2.58. The second-order valence-electron chi connectivity index (χ2n) is 7.39. The van der Waals surface area contributed by atoms with Gasteiger partial charge in [-0.1, -0.05) is 6.08 Å². The van der Waals surface area contributed by atoms with Gasteiger partial charge in [-0.15, -0.1) is 16.4 Å². The van der Waals surface area contributed by atoms with Crippen LogP contribution in [0.2, 0.25) is 0 Å². The summed E-state index contributed by atoms with van der Waals surface area (Å²) < 4.78 is 1.56. The molecule has 32 heavy (non-hydrogen) atoms. The highest BCUT2D eigenvalue weighted by molar-refractivity contribution is 7.15. The minimum atomic E-state index is -1.19. The normalized spacial score (nSPS) is 19.7. The first-order chi connectivity index (χ1) is 15.3. The van der Waals surface area contributed by atoms with Gasteiger partial charge in [-0.3, -0.25) is 25.0 Å². The van der Waals surface area contributed by atoms with Crippen LogP contribution in [0.5, 0.6) is 0 Å². The Morgan fingerprint density at radius 1 is 1.28 bits per heavy atom. The summed E-state index contributed by atoms with van der Waals surface area (Å²) >= 11 is 1.32. The standard InChI is InChI=1S/C20H15N7O4S/c1-20(10-16(28)21-15-4-2-3-9-25(15)20)17(29)22-18-23-19-26(24-18)14(11-32-19)12-5-7-13(8-6-12)27(30)31/h2-9,11H,10H2,1H3,(H,22,24,29). The highest BCUT2D eigenvalue weighted by Gasteiger charge is 2.45. The molecule has 2 amide bonds. The SMILES string of the molecule is CC1(C(=O)Nc2nc3scc(-c4ccc([N+](=O)[O-])cc4)n3n2)CC(=O)N=C2C=CC=CN21. The van der Waals surface area contributed by atoms with E-state index in [1.54, 1.807) is 52.9 Å². The van der Waals surface area contributed by atoms with Crippen LogP contribution in [-0.4, -0.2) is 47.6 Å². The third-order valence-electron chi connectivity index (χ3n) is 5.27. The summed E-state index contributed by atoms with van der Waals surface area (Å²) in [6, 6.07) is 6.09. The maximum atomic E-state index is 13.2. The number of fused-ring (bicyclic) bond motifs is 2. The van der Waals surface area contributed by atoms with E-state index < -0.39 is 16.4 Å². The van der Waals surface area contributed by atoms with Crippen LogP contribution in [-0.2, 0) is 9.59 Å². The van der Waals surface area contributed by atoms with Gasteiger partial charge >= 0.3 is 0 Å². The summed E-state index contributed by atoms with van der Waals surface area (Å²) in [5.74, 6) is -0.318. The number of rotatable bonds is 4. The zero-order valence-corrected chi connectivity index (χ0v) is 17.4. The minimum Gasteiger partial charge on any atom is -0.317 e. The molecule has 0 spiro atoms. The third kappa shape index (κ3) is 3.17. The molecular formula is C20H15N7O4S. The van der Waals surface area contributed by atoms with Crippen molar-refractivity contribution in [2.24, 2.45) is 4.99 Å². The monoisotopic (exact) mass is 449 g/mol. The minimum absolute atomic E-state index is 0.00782. The van der Waals surface area contributed by atoms with Gasteiger partial charge < -0.3 is 4.90 Å². The fourth-order valence-corrected chi connectivity index (χ4v) is 4.43. The summed E-state index contributed by atoms with van der Waals surface area (Å²) in [6.07, 6.45) is 6.80. The molecule has 0 bridgehead atoms. The van der Waals surface area contributed by atoms with Crippen molar-refractivity contribution in [2.45, 2.75) is 18.9 Å². The van der Waals surface area contributed by atoms with E-state index in [1.165, 1.54) is 23.5 Å². The molecule has 0 saturated heterocycles. The number of aromatic nitrogens is 3. The summed E-state index contributed by atoms with van der Waals surface area (Å²) in [7, 11) is 0. The Balaban J connectivity index is 1.43. The molecule has 1 N–H and O–H groups in total. The Morgan fingerprint density at radius 3 is 2.81 bits per heavy atom. The van der Waals surface area contributed by atoms with Crippen LogP contribution in [0.25, 0.3) is 16.2 Å². The van der Waals surface area contributed by atoms with E-state index in [0.717, 1.165) is 5.56 Å². The number of benzene rings is 1. The zero-order valence-electron chi connectivity index (χ0n) is 16.6. The van der Waals surface area contributed by atoms with E-state index in [4.69, 9.17) is 0 Å². The van der Waals surface area contributed by atoms with Gasteiger partial charge in [-0.2, -0.15) is 9.98 Å². The van der Waals surface area contributed by atoms with Crippen LogP contribution in [0.3, 0.4) is 0 Å². The second-order valence-corrected chi connectivity index (χ2v) is 8.23. The Bertz CT molecular complexity index is 1370. The molecule has 0 aliphatic carbocycles. The second kappa shape index (κ2) is 7.20. The summed E-state index contributed by atoms with van der Waals surface area (Å²) in [4.78, 5) is 46.3. The summed E-state index contributed by atoms with van der Waals surface area (Å²) in [6.45, 7) is 1.67. The number of nitro benzene ring substituents is 1. The molecule has 0 saturated carbocycles. The van der Waals surface area contributed by atoms with Gasteiger partial charge in [0.05, 0.1) is 17.0 Å². The molecule has 2 aliphatic rings.